The summed E-state index contributed by atoms with van der Waals surface area (Å²) in [4.78, 5) is 0. The molecule has 2 N–H and O–H groups in total. The molecular weight excluding hydrogens is 234 g/mol. The first-order chi connectivity index (χ1) is 8.91. The van der Waals surface area contributed by atoms with Crippen LogP contribution in [0.1, 0.15) is 37.5 Å². The second kappa shape index (κ2) is 5.64. The van der Waals surface area contributed by atoms with E-state index < -0.39 is 0 Å². The zero-order valence-corrected chi connectivity index (χ0v) is 12.8. The first-order valence-corrected chi connectivity index (χ1v) is 7.38. The van der Waals surface area contributed by atoms with Gasteiger partial charge in [0.2, 0.25) is 0 Å². The molecule has 1 aliphatic heterocycles. The van der Waals surface area contributed by atoms with Gasteiger partial charge in [0.1, 0.15) is 0 Å². The minimum absolute atomic E-state index is 0.176. The molecule has 0 radical (unpaired) electrons. The fourth-order valence-electron chi connectivity index (χ4n) is 3.57. The SMILES string of the molecule is Cc1cccc(C)c1CC(N)C1C(C)OC(C)C1C. The molecule has 1 aromatic carbocycles. The van der Waals surface area contributed by atoms with Crippen LogP contribution in [-0.4, -0.2) is 18.2 Å². The van der Waals surface area contributed by atoms with Gasteiger partial charge < -0.3 is 10.5 Å². The van der Waals surface area contributed by atoms with E-state index in [2.05, 4.69) is 52.8 Å². The van der Waals surface area contributed by atoms with Crippen LogP contribution in [0.2, 0.25) is 0 Å². The van der Waals surface area contributed by atoms with Crippen LogP contribution in [0.4, 0.5) is 0 Å². The first kappa shape index (κ1) is 14.5. The molecule has 2 nitrogen and oxygen atoms in total. The fraction of sp³-hybridized carbons (Fsp3) is 0.647. The maximum Gasteiger partial charge on any atom is 0.0597 e. The average molecular weight is 261 g/mol. The summed E-state index contributed by atoms with van der Waals surface area (Å²) < 4.78 is 5.93. The lowest BCUT2D eigenvalue weighted by Gasteiger charge is -2.27. The van der Waals surface area contributed by atoms with Crippen LogP contribution in [0.25, 0.3) is 0 Å². The zero-order chi connectivity index (χ0) is 14.2. The summed E-state index contributed by atoms with van der Waals surface area (Å²) in [5.41, 5.74) is 10.6. The molecule has 0 spiro atoms. The number of nitrogens with two attached hydrogens (primary N) is 1. The van der Waals surface area contributed by atoms with Crippen molar-refractivity contribution >= 4 is 0 Å². The zero-order valence-electron chi connectivity index (χ0n) is 12.8. The van der Waals surface area contributed by atoms with Crippen LogP contribution in [0.15, 0.2) is 18.2 Å². The average Bonchev–Trinajstić information content (AvgIpc) is 2.58. The molecule has 2 heteroatoms. The Kier molecular flexibility index (Phi) is 4.32. The van der Waals surface area contributed by atoms with Gasteiger partial charge in [-0.3, -0.25) is 0 Å². The summed E-state index contributed by atoms with van der Waals surface area (Å²) in [5, 5.41) is 0. The molecule has 0 amide bonds. The van der Waals surface area contributed by atoms with Gasteiger partial charge in [-0.25, -0.2) is 0 Å². The van der Waals surface area contributed by atoms with Crippen molar-refractivity contribution in [2.45, 2.75) is 59.3 Å². The van der Waals surface area contributed by atoms with E-state index >= 15 is 0 Å². The number of aryl methyl sites for hydroxylation is 2. The Morgan fingerprint density at radius 1 is 1.11 bits per heavy atom. The third-order valence-electron chi connectivity index (χ3n) is 4.90. The van der Waals surface area contributed by atoms with E-state index in [4.69, 9.17) is 10.5 Å². The van der Waals surface area contributed by atoms with Crippen molar-refractivity contribution in [1.82, 2.24) is 0 Å². The lowest BCUT2D eigenvalue weighted by Crippen LogP contribution is -2.39. The highest BCUT2D eigenvalue weighted by molar-refractivity contribution is 5.34. The molecule has 0 saturated carbocycles. The van der Waals surface area contributed by atoms with Gasteiger partial charge in [-0.1, -0.05) is 25.1 Å². The topological polar surface area (TPSA) is 35.2 Å². The van der Waals surface area contributed by atoms with Crippen LogP contribution < -0.4 is 5.73 Å². The summed E-state index contributed by atoms with van der Waals surface area (Å²) in [6.45, 7) is 10.9. The Bertz CT molecular complexity index is 423. The number of ether oxygens (including phenoxy) is 1. The Hall–Kier alpha value is -0.860. The van der Waals surface area contributed by atoms with Crippen molar-refractivity contribution in [3.05, 3.63) is 34.9 Å². The van der Waals surface area contributed by atoms with Gasteiger partial charge in [-0.2, -0.15) is 0 Å². The van der Waals surface area contributed by atoms with E-state index in [1.54, 1.807) is 0 Å². The lowest BCUT2D eigenvalue weighted by atomic mass is 9.80. The number of hydrogen-bond acceptors (Lipinski definition) is 2. The summed E-state index contributed by atoms with van der Waals surface area (Å²) in [6, 6.07) is 6.65. The number of hydrogen-bond donors (Lipinski definition) is 1. The second-order valence-electron chi connectivity index (χ2n) is 6.22. The molecule has 106 valence electrons. The van der Waals surface area contributed by atoms with E-state index in [-0.39, 0.29) is 12.1 Å². The molecule has 5 unspecified atom stereocenters. The van der Waals surface area contributed by atoms with Crippen molar-refractivity contribution < 1.29 is 4.74 Å². The predicted molar refractivity (Wildman–Crippen MR) is 80.3 cm³/mol. The number of benzene rings is 1. The molecule has 1 aromatic rings. The van der Waals surface area contributed by atoms with Gasteiger partial charge in [0.05, 0.1) is 12.2 Å². The molecule has 19 heavy (non-hydrogen) atoms. The van der Waals surface area contributed by atoms with E-state index in [9.17, 15) is 0 Å². The van der Waals surface area contributed by atoms with E-state index in [1.165, 1.54) is 16.7 Å². The van der Waals surface area contributed by atoms with Crippen LogP contribution in [0.3, 0.4) is 0 Å². The van der Waals surface area contributed by atoms with Crippen molar-refractivity contribution in [2.75, 3.05) is 0 Å². The highest BCUT2D eigenvalue weighted by Crippen LogP contribution is 2.35. The smallest absolute Gasteiger partial charge is 0.0597 e. The van der Waals surface area contributed by atoms with Crippen molar-refractivity contribution in [1.29, 1.82) is 0 Å². The van der Waals surface area contributed by atoms with Crippen molar-refractivity contribution in [2.24, 2.45) is 17.6 Å². The largest absolute Gasteiger partial charge is 0.375 e. The summed E-state index contributed by atoms with van der Waals surface area (Å²) in [7, 11) is 0. The molecule has 1 heterocycles. The third kappa shape index (κ3) is 2.85. The van der Waals surface area contributed by atoms with Gasteiger partial charge in [-0.05, 0) is 56.7 Å². The molecule has 0 aromatic heterocycles. The van der Waals surface area contributed by atoms with E-state index in [0.717, 1.165) is 6.42 Å². The van der Waals surface area contributed by atoms with E-state index in [0.29, 0.717) is 17.9 Å². The van der Waals surface area contributed by atoms with Crippen LogP contribution >= 0.6 is 0 Å². The maximum absolute atomic E-state index is 6.51. The first-order valence-electron chi connectivity index (χ1n) is 7.38. The van der Waals surface area contributed by atoms with Crippen LogP contribution in [0.5, 0.6) is 0 Å². The molecule has 1 aliphatic rings. The van der Waals surface area contributed by atoms with Gasteiger partial charge in [-0.15, -0.1) is 0 Å². The predicted octanol–water partition coefficient (Wildman–Crippen LogP) is 3.23. The molecule has 0 bridgehead atoms. The molecule has 5 atom stereocenters. The quantitative estimate of drug-likeness (QED) is 0.906. The molecule has 1 saturated heterocycles. The lowest BCUT2D eigenvalue weighted by molar-refractivity contribution is 0.0490. The normalized spacial score (nSPS) is 32.5. The minimum Gasteiger partial charge on any atom is -0.375 e. The van der Waals surface area contributed by atoms with Crippen molar-refractivity contribution in [3.63, 3.8) is 0 Å². The molecule has 0 aliphatic carbocycles. The second-order valence-corrected chi connectivity index (χ2v) is 6.22. The van der Waals surface area contributed by atoms with Gasteiger partial charge in [0, 0.05) is 12.0 Å². The molecular formula is C17H27NO. The summed E-state index contributed by atoms with van der Waals surface area (Å²) in [6.07, 6.45) is 1.54. The summed E-state index contributed by atoms with van der Waals surface area (Å²) in [5.74, 6) is 0.989. The Labute approximate surface area is 117 Å². The minimum atomic E-state index is 0.176. The Balaban J connectivity index is 2.15. The summed E-state index contributed by atoms with van der Waals surface area (Å²) >= 11 is 0. The van der Waals surface area contributed by atoms with Crippen LogP contribution in [-0.2, 0) is 11.2 Å². The highest BCUT2D eigenvalue weighted by atomic mass is 16.5. The highest BCUT2D eigenvalue weighted by Gasteiger charge is 2.40. The fourth-order valence-corrected chi connectivity index (χ4v) is 3.57. The molecule has 2 rings (SSSR count). The maximum atomic E-state index is 6.51. The third-order valence-corrected chi connectivity index (χ3v) is 4.90. The number of rotatable bonds is 3. The van der Waals surface area contributed by atoms with Gasteiger partial charge in [0.25, 0.3) is 0 Å². The Morgan fingerprint density at radius 2 is 1.68 bits per heavy atom. The monoisotopic (exact) mass is 261 g/mol. The standard InChI is InChI=1S/C17H27NO/c1-10-7-6-8-11(2)15(10)9-16(18)17-12(3)13(4)19-14(17)5/h6-8,12-14,16-17H,9,18H2,1-5H3. The van der Waals surface area contributed by atoms with Crippen LogP contribution in [0, 0.1) is 25.7 Å². The van der Waals surface area contributed by atoms with E-state index in [1.807, 2.05) is 0 Å². The van der Waals surface area contributed by atoms with Gasteiger partial charge >= 0.3 is 0 Å². The molecule has 1 fully saturated rings. The van der Waals surface area contributed by atoms with Gasteiger partial charge in [0.15, 0.2) is 0 Å². The Morgan fingerprint density at radius 3 is 2.16 bits per heavy atom. The van der Waals surface area contributed by atoms with Crippen molar-refractivity contribution in [3.8, 4) is 0 Å².